The molecular formula is C29H33O3S+. The molecule has 1 fully saturated rings. The Morgan fingerprint density at radius 2 is 1.36 bits per heavy atom. The number of cyclic esters (lactones) is 1. The third-order valence-corrected chi connectivity index (χ3v) is 8.19. The van der Waals surface area contributed by atoms with Crippen molar-refractivity contribution in [1.82, 2.24) is 0 Å². The second-order valence-electron chi connectivity index (χ2n) is 9.84. The third-order valence-electron chi connectivity index (χ3n) is 5.96. The van der Waals surface area contributed by atoms with Gasteiger partial charge in [-0.2, -0.15) is 0 Å². The molecule has 0 aromatic heterocycles. The quantitative estimate of drug-likeness (QED) is 0.296. The van der Waals surface area contributed by atoms with Crippen molar-refractivity contribution in [1.29, 1.82) is 0 Å². The molecule has 1 saturated heterocycles. The topological polar surface area (TPSA) is 35.5 Å². The molecule has 4 heteroatoms. The van der Waals surface area contributed by atoms with Crippen molar-refractivity contribution in [2.45, 2.75) is 73.2 Å². The van der Waals surface area contributed by atoms with Gasteiger partial charge in [-0.3, -0.25) is 0 Å². The Bertz CT molecular complexity index is 1080. The smallest absolute Gasteiger partial charge is 0.347 e. The summed E-state index contributed by atoms with van der Waals surface area (Å²) in [6.07, 6.45) is 0.107. The maximum Gasteiger partial charge on any atom is 0.347 e. The molecule has 0 N–H and O–H groups in total. The number of carbonyl (C=O) groups excluding carboxylic acids is 1. The molecule has 1 aliphatic rings. The van der Waals surface area contributed by atoms with E-state index in [9.17, 15) is 4.79 Å². The first kappa shape index (κ1) is 23.4. The SMILES string of the molecule is CC(C)c1ccc([S+](c2ccc(OC3CCOC3=O)cc2)c2ccc(C(C)(C)C)cc2)cc1. The van der Waals surface area contributed by atoms with E-state index in [0.717, 1.165) is 0 Å². The predicted molar refractivity (Wildman–Crippen MR) is 134 cm³/mol. The van der Waals surface area contributed by atoms with Crippen LogP contribution in [0.2, 0.25) is 0 Å². The first-order valence-electron chi connectivity index (χ1n) is 11.6. The van der Waals surface area contributed by atoms with Crippen molar-refractivity contribution < 1.29 is 14.3 Å². The second kappa shape index (κ2) is 9.64. The fourth-order valence-electron chi connectivity index (χ4n) is 3.89. The van der Waals surface area contributed by atoms with E-state index in [4.69, 9.17) is 9.47 Å². The van der Waals surface area contributed by atoms with E-state index in [-0.39, 0.29) is 22.3 Å². The van der Waals surface area contributed by atoms with Crippen molar-refractivity contribution in [2.75, 3.05) is 6.61 Å². The summed E-state index contributed by atoms with van der Waals surface area (Å²) in [4.78, 5) is 15.5. The van der Waals surface area contributed by atoms with Crippen LogP contribution in [0.25, 0.3) is 0 Å². The molecule has 0 spiro atoms. The summed E-state index contributed by atoms with van der Waals surface area (Å²) in [6, 6.07) is 26.2. The first-order valence-corrected chi connectivity index (χ1v) is 12.8. The molecule has 3 aromatic rings. The molecule has 0 radical (unpaired) electrons. The van der Waals surface area contributed by atoms with Gasteiger partial charge in [-0.25, -0.2) is 4.79 Å². The van der Waals surface area contributed by atoms with Crippen molar-refractivity contribution in [2.24, 2.45) is 0 Å². The second-order valence-corrected chi connectivity index (χ2v) is 11.9. The molecule has 0 saturated carbocycles. The molecule has 3 nitrogen and oxygen atoms in total. The standard InChI is InChI=1S/C29H33O3S/c1-20(2)21-6-12-24(13-7-21)33(25-14-8-22(9-15-25)29(3,4)5)26-16-10-23(11-17-26)32-27-18-19-31-28(27)30/h6-17,20,27H,18-19H2,1-5H3/q+1. The van der Waals surface area contributed by atoms with Crippen LogP contribution in [0.15, 0.2) is 87.5 Å². The summed E-state index contributed by atoms with van der Waals surface area (Å²) in [5, 5.41) is 0. The number of esters is 1. The largest absolute Gasteiger partial charge is 0.479 e. The van der Waals surface area contributed by atoms with Gasteiger partial charge >= 0.3 is 5.97 Å². The minimum absolute atomic E-state index is 0.121. The van der Waals surface area contributed by atoms with Crippen molar-refractivity contribution >= 4 is 16.9 Å². The molecule has 0 amide bonds. The molecule has 1 heterocycles. The molecule has 2 atom stereocenters. The van der Waals surface area contributed by atoms with E-state index in [0.29, 0.717) is 24.7 Å². The molecule has 3 aromatic carbocycles. The summed E-state index contributed by atoms with van der Waals surface area (Å²) in [5.74, 6) is 0.929. The zero-order chi connectivity index (χ0) is 23.6. The maximum absolute atomic E-state index is 11.8. The van der Waals surface area contributed by atoms with Crippen LogP contribution in [-0.4, -0.2) is 18.7 Å². The summed E-state index contributed by atoms with van der Waals surface area (Å²) < 4.78 is 10.9. The molecule has 1 aliphatic heterocycles. The average molecular weight is 462 g/mol. The van der Waals surface area contributed by atoms with Crippen LogP contribution in [0, 0.1) is 0 Å². The van der Waals surface area contributed by atoms with Crippen LogP contribution in [0.3, 0.4) is 0 Å². The molecular weight excluding hydrogens is 428 g/mol. The minimum atomic E-state index is -0.498. The molecule has 172 valence electrons. The molecule has 0 aliphatic carbocycles. The summed E-state index contributed by atoms with van der Waals surface area (Å²) in [6.45, 7) is 11.6. The van der Waals surface area contributed by atoms with Crippen LogP contribution in [0.5, 0.6) is 5.75 Å². The van der Waals surface area contributed by atoms with Crippen LogP contribution in [0.4, 0.5) is 0 Å². The van der Waals surface area contributed by atoms with Gasteiger partial charge in [0.15, 0.2) is 20.8 Å². The average Bonchev–Trinajstić information content (AvgIpc) is 3.19. The van der Waals surface area contributed by atoms with Gasteiger partial charge in [0.25, 0.3) is 0 Å². The molecule has 4 rings (SSSR count). The number of rotatable bonds is 6. The molecule has 2 unspecified atom stereocenters. The van der Waals surface area contributed by atoms with E-state index >= 15 is 0 Å². The zero-order valence-electron chi connectivity index (χ0n) is 20.1. The number of hydrogen-bond donors (Lipinski definition) is 0. The molecule has 0 bridgehead atoms. The Morgan fingerprint density at radius 3 is 1.82 bits per heavy atom. The van der Waals surface area contributed by atoms with Gasteiger partial charge in [-0.15, -0.1) is 0 Å². The van der Waals surface area contributed by atoms with E-state index in [2.05, 4.69) is 95.3 Å². The monoisotopic (exact) mass is 461 g/mol. The molecule has 33 heavy (non-hydrogen) atoms. The Hall–Kier alpha value is -2.72. The highest BCUT2D eigenvalue weighted by Crippen LogP contribution is 2.34. The number of ether oxygens (including phenoxy) is 2. The first-order chi connectivity index (χ1) is 15.7. The summed E-state index contributed by atoms with van der Waals surface area (Å²) >= 11 is 0. The third kappa shape index (κ3) is 5.44. The number of benzene rings is 3. The summed E-state index contributed by atoms with van der Waals surface area (Å²) in [7, 11) is -0.238. The lowest BCUT2D eigenvalue weighted by Gasteiger charge is -2.19. The van der Waals surface area contributed by atoms with Gasteiger partial charge in [-0.05, 0) is 71.0 Å². The van der Waals surface area contributed by atoms with Crippen molar-refractivity contribution in [3.63, 3.8) is 0 Å². The zero-order valence-corrected chi connectivity index (χ0v) is 20.9. The van der Waals surface area contributed by atoms with Crippen LogP contribution in [-0.2, 0) is 25.8 Å². The lowest BCUT2D eigenvalue weighted by Crippen LogP contribution is -2.21. The van der Waals surface area contributed by atoms with Crippen molar-refractivity contribution in [3.8, 4) is 5.75 Å². The minimum Gasteiger partial charge on any atom is -0.479 e. The summed E-state index contributed by atoms with van der Waals surface area (Å²) in [5.41, 5.74) is 2.80. The van der Waals surface area contributed by atoms with E-state index in [1.165, 1.54) is 25.8 Å². The van der Waals surface area contributed by atoms with Crippen LogP contribution >= 0.6 is 0 Å². The predicted octanol–water partition coefficient (Wildman–Crippen LogP) is 6.90. The highest BCUT2D eigenvalue weighted by Gasteiger charge is 2.31. The fourth-order valence-corrected chi connectivity index (χ4v) is 5.93. The van der Waals surface area contributed by atoms with Crippen LogP contribution < -0.4 is 4.74 Å². The maximum atomic E-state index is 11.8. The number of carbonyl (C=O) groups is 1. The van der Waals surface area contributed by atoms with Gasteiger partial charge in [0.05, 0.1) is 17.5 Å². The Kier molecular flexibility index (Phi) is 6.85. The van der Waals surface area contributed by atoms with Gasteiger partial charge < -0.3 is 9.47 Å². The van der Waals surface area contributed by atoms with E-state index < -0.39 is 6.10 Å². The normalized spacial score (nSPS) is 17.2. The Labute approximate surface area is 200 Å². The highest BCUT2D eigenvalue weighted by molar-refractivity contribution is 7.97. The lowest BCUT2D eigenvalue weighted by molar-refractivity contribution is -0.143. The van der Waals surface area contributed by atoms with Crippen LogP contribution in [0.1, 0.15) is 58.1 Å². The fraction of sp³-hybridized carbons (Fsp3) is 0.345. The lowest BCUT2D eigenvalue weighted by atomic mass is 9.87. The Balaban J connectivity index is 1.67. The van der Waals surface area contributed by atoms with Gasteiger partial charge in [0.2, 0.25) is 0 Å². The number of hydrogen-bond acceptors (Lipinski definition) is 3. The van der Waals surface area contributed by atoms with Gasteiger partial charge in [-0.1, -0.05) is 58.9 Å². The van der Waals surface area contributed by atoms with Gasteiger partial charge in [0, 0.05) is 6.42 Å². The van der Waals surface area contributed by atoms with Crippen molar-refractivity contribution in [3.05, 3.63) is 83.9 Å². The van der Waals surface area contributed by atoms with E-state index in [1.807, 2.05) is 12.1 Å². The van der Waals surface area contributed by atoms with Gasteiger partial charge in [0.1, 0.15) is 5.75 Å². The van der Waals surface area contributed by atoms with E-state index in [1.54, 1.807) is 0 Å². The highest BCUT2D eigenvalue weighted by atomic mass is 32.2. The Morgan fingerprint density at radius 1 is 0.848 bits per heavy atom.